The number of carbonyl (C=O) groups excluding carboxylic acids is 4. The fourth-order valence-electron chi connectivity index (χ4n) is 4.56. The maximum absolute atomic E-state index is 11.8. The van der Waals surface area contributed by atoms with Gasteiger partial charge in [0.05, 0.1) is 0 Å². The molecule has 0 bridgehead atoms. The summed E-state index contributed by atoms with van der Waals surface area (Å²) in [6.45, 7) is 0. The van der Waals surface area contributed by atoms with E-state index in [0.29, 0.717) is 38.5 Å². The van der Waals surface area contributed by atoms with Gasteiger partial charge in [-0.1, -0.05) is 89.9 Å². The van der Waals surface area contributed by atoms with Crippen LogP contribution in [0, 0.1) is 0 Å². The molecule has 0 fully saturated rings. The van der Waals surface area contributed by atoms with Gasteiger partial charge in [0.25, 0.3) is 0 Å². The average molecular weight is 599 g/mol. The van der Waals surface area contributed by atoms with Crippen molar-refractivity contribution in [3.63, 3.8) is 0 Å². The maximum atomic E-state index is 11.8. The highest BCUT2D eigenvalue weighted by Gasteiger charge is 2.11. The number of aliphatic carboxylic acids is 2. The number of carboxylic acids is 2. The lowest BCUT2D eigenvalue weighted by atomic mass is 10.1. The molecule has 0 aliphatic carbocycles. The standard InChI is InChI=1S/C32H54O10/c33-27(34)21-15-9-5-7-13-19-25-31(39)41-29(37)23-17-11-3-1-2-4-12-18-24-30(38)42-32(40)26-20-14-8-6-10-16-22-28(35)36/h1-26H2,(H,33,34)(H,35,36). The Balaban J connectivity index is 3.47. The second-order valence-electron chi connectivity index (χ2n) is 11.1. The summed E-state index contributed by atoms with van der Waals surface area (Å²) in [5.74, 6) is -3.43. The number of carbonyl (C=O) groups is 6. The molecule has 0 radical (unpaired) electrons. The van der Waals surface area contributed by atoms with Crippen molar-refractivity contribution in [2.75, 3.05) is 0 Å². The van der Waals surface area contributed by atoms with Gasteiger partial charge in [0.1, 0.15) is 0 Å². The molecule has 0 aliphatic heterocycles. The van der Waals surface area contributed by atoms with Crippen molar-refractivity contribution in [2.45, 2.75) is 167 Å². The van der Waals surface area contributed by atoms with Crippen LogP contribution in [-0.4, -0.2) is 46.0 Å². The average Bonchev–Trinajstić information content (AvgIpc) is 2.92. The first-order valence-electron chi connectivity index (χ1n) is 16.1. The Morgan fingerprint density at radius 3 is 0.643 bits per heavy atom. The number of esters is 4. The Morgan fingerprint density at radius 1 is 0.286 bits per heavy atom. The zero-order valence-electron chi connectivity index (χ0n) is 25.5. The summed E-state index contributed by atoms with van der Waals surface area (Å²) >= 11 is 0. The number of carboxylic acid groups (broad SMARTS) is 2. The van der Waals surface area contributed by atoms with Gasteiger partial charge in [-0.2, -0.15) is 0 Å². The zero-order valence-corrected chi connectivity index (χ0v) is 25.5. The summed E-state index contributed by atoms with van der Waals surface area (Å²) in [6, 6.07) is 0. The Kier molecular flexibility index (Phi) is 26.5. The van der Waals surface area contributed by atoms with Crippen LogP contribution in [0.15, 0.2) is 0 Å². The summed E-state index contributed by atoms with van der Waals surface area (Å²) in [5.41, 5.74) is 0. The molecule has 0 amide bonds. The zero-order chi connectivity index (χ0) is 31.3. The van der Waals surface area contributed by atoms with Crippen LogP contribution in [0.4, 0.5) is 0 Å². The lowest BCUT2D eigenvalue weighted by Crippen LogP contribution is -2.11. The quantitative estimate of drug-likeness (QED) is 0.0503. The summed E-state index contributed by atoms with van der Waals surface area (Å²) in [7, 11) is 0. The molecule has 0 aliphatic rings. The molecule has 0 aromatic rings. The van der Waals surface area contributed by atoms with Crippen LogP contribution < -0.4 is 0 Å². The lowest BCUT2D eigenvalue weighted by molar-refractivity contribution is -0.161. The minimum absolute atomic E-state index is 0.198. The van der Waals surface area contributed by atoms with Crippen molar-refractivity contribution in [2.24, 2.45) is 0 Å². The molecule has 0 saturated carbocycles. The molecule has 0 atom stereocenters. The van der Waals surface area contributed by atoms with E-state index in [9.17, 15) is 28.8 Å². The third-order valence-electron chi connectivity index (χ3n) is 7.01. The summed E-state index contributed by atoms with van der Waals surface area (Å²) < 4.78 is 9.73. The highest BCUT2D eigenvalue weighted by atomic mass is 16.6. The highest BCUT2D eigenvalue weighted by Crippen LogP contribution is 2.13. The monoisotopic (exact) mass is 598 g/mol. The summed E-state index contributed by atoms with van der Waals surface area (Å²) in [6.07, 6.45) is 18.5. The van der Waals surface area contributed by atoms with E-state index in [1.807, 2.05) is 0 Å². The molecule has 242 valence electrons. The van der Waals surface area contributed by atoms with E-state index in [1.54, 1.807) is 0 Å². The molecule has 0 aromatic carbocycles. The number of hydrogen-bond acceptors (Lipinski definition) is 8. The Bertz CT molecular complexity index is 713. The lowest BCUT2D eigenvalue weighted by Gasteiger charge is -2.05. The molecule has 42 heavy (non-hydrogen) atoms. The number of unbranched alkanes of at least 4 members (excludes halogenated alkanes) is 17. The molecule has 10 heteroatoms. The summed E-state index contributed by atoms with van der Waals surface area (Å²) in [4.78, 5) is 68.0. The minimum atomic E-state index is -0.772. The SMILES string of the molecule is O=C(O)CCCCCCCCC(=O)OC(=O)CCCCCCCCCCC(=O)OC(=O)CCCCCCCCC(=O)O. The van der Waals surface area contributed by atoms with E-state index in [4.69, 9.17) is 19.7 Å². The van der Waals surface area contributed by atoms with Crippen LogP contribution in [0.2, 0.25) is 0 Å². The van der Waals surface area contributed by atoms with Crippen molar-refractivity contribution in [3.8, 4) is 0 Å². The molecule has 10 nitrogen and oxygen atoms in total. The molecular formula is C32H54O10. The minimum Gasteiger partial charge on any atom is -0.481 e. The van der Waals surface area contributed by atoms with Crippen LogP contribution in [0.3, 0.4) is 0 Å². The van der Waals surface area contributed by atoms with Crippen molar-refractivity contribution >= 4 is 35.8 Å². The second-order valence-corrected chi connectivity index (χ2v) is 11.1. The maximum Gasteiger partial charge on any atom is 0.313 e. The third kappa shape index (κ3) is 30.2. The predicted octanol–water partition coefficient (Wildman–Crippen LogP) is 7.44. The van der Waals surface area contributed by atoms with Crippen molar-refractivity contribution < 1.29 is 48.5 Å². The molecule has 0 heterocycles. The Morgan fingerprint density at radius 2 is 0.452 bits per heavy atom. The van der Waals surface area contributed by atoms with Crippen LogP contribution in [0.5, 0.6) is 0 Å². The fourth-order valence-corrected chi connectivity index (χ4v) is 4.56. The van der Waals surface area contributed by atoms with Gasteiger partial charge in [0.2, 0.25) is 0 Å². The van der Waals surface area contributed by atoms with Gasteiger partial charge in [0.15, 0.2) is 0 Å². The van der Waals surface area contributed by atoms with Gasteiger partial charge in [-0.05, 0) is 38.5 Å². The fraction of sp³-hybridized carbons (Fsp3) is 0.812. The predicted molar refractivity (Wildman–Crippen MR) is 158 cm³/mol. The highest BCUT2D eigenvalue weighted by molar-refractivity contribution is 5.85. The largest absolute Gasteiger partial charge is 0.481 e. The van der Waals surface area contributed by atoms with Crippen molar-refractivity contribution in [1.82, 2.24) is 0 Å². The topological polar surface area (TPSA) is 161 Å². The third-order valence-corrected chi connectivity index (χ3v) is 7.01. The van der Waals surface area contributed by atoms with E-state index in [1.165, 1.54) is 0 Å². The number of hydrogen-bond donors (Lipinski definition) is 2. The normalized spacial score (nSPS) is 10.8. The molecule has 0 spiro atoms. The number of ether oxygens (including phenoxy) is 2. The van der Waals surface area contributed by atoms with Crippen LogP contribution in [0.25, 0.3) is 0 Å². The first-order chi connectivity index (χ1) is 20.2. The smallest absolute Gasteiger partial charge is 0.313 e. The first kappa shape index (κ1) is 39.2. The van der Waals surface area contributed by atoms with E-state index >= 15 is 0 Å². The van der Waals surface area contributed by atoms with Crippen molar-refractivity contribution in [1.29, 1.82) is 0 Å². The number of rotatable bonds is 29. The van der Waals surface area contributed by atoms with Crippen LogP contribution in [0.1, 0.15) is 167 Å². The first-order valence-corrected chi connectivity index (χ1v) is 16.1. The Labute approximate surface area is 251 Å². The summed E-state index contributed by atoms with van der Waals surface area (Å²) in [5, 5.41) is 17.2. The van der Waals surface area contributed by atoms with E-state index in [-0.39, 0.29) is 38.5 Å². The van der Waals surface area contributed by atoms with Gasteiger partial charge in [-0.3, -0.25) is 28.8 Å². The van der Waals surface area contributed by atoms with E-state index in [0.717, 1.165) is 89.9 Å². The van der Waals surface area contributed by atoms with Gasteiger partial charge in [-0.15, -0.1) is 0 Å². The van der Waals surface area contributed by atoms with Crippen LogP contribution >= 0.6 is 0 Å². The van der Waals surface area contributed by atoms with Gasteiger partial charge < -0.3 is 19.7 Å². The molecule has 0 saturated heterocycles. The van der Waals surface area contributed by atoms with Crippen molar-refractivity contribution in [3.05, 3.63) is 0 Å². The molecule has 2 N–H and O–H groups in total. The molecular weight excluding hydrogens is 544 g/mol. The van der Waals surface area contributed by atoms with Gasteiger partial charge >= 0.3 is 35.8 Å². The Hall–Kier alpha value is -2.78. The van der Waals surface area contributed by atoms with Gasteiger partial charge in [-0.25, -0.2) is 0 Å². The molecule has 0 unspecified atom stereocenters. The molecule has 0 rings (SSSR count). The van der Waals surface area contributed by atoms with E-state index in [2.05, 4.69) is 0 Å². The van der Waals surface area contributed by atoms with E-state index < -0.39 is 35.8 Å². The van der Waals surface area contributed by atoms with Crippen LogP contribution in [-0.2, 0) is 38.2 Å². The molecule has 0 aromatic heterocycles. The second kappa shape index (κ2) is 28.3. The van der Waals surface area contributed by atoms with Gasteiger partial charge in [0, 0.05) is 38.5 Å².